The number of anilines is 1. The Bertz CT molecular complexity index is 1050. The topological polar surface area (TPSA) is 112 Å². The summed E-state index contributed by atoms with van der Waals surface area (Å²) in [5.41, 5.74) is 2.57. The number of nitrogens with zero attached hydrogens (tertiary/aromatic N) is 4. The molecule has 1 aromatic heterocycles. The minimum absolute atomic E-state index is 0.116. The maximum atomic E-state index is 13.9. The van der Waals surface area contributed by atoms with Gasteiger partial charge in [-0.3, -0.25) is 5.01 Å². The number of carbonyl (C=O) groups excluding carboxylic acids is 1. The molecule has 0 spiro atoms. The van der Waals surface area contributed by atoms with E-state index < -0.39 is 11.8 Å². The Morgan fingerprint density at radius 1 is 1.23 bits per heavy atom. The molecule has 0 aliphatic rings. The molecule has 0 fully saturated rings. The fraction of sp³-hybridized carbons (Fsp3) is 0.200. The average Bonchev–Trinajstić information content (AvgIpc) is 3.20. The second-order valence-electron chi connectivity index (χ2n) is 6.54. The van der Waals surface area contributed by atoms with Crippen molar-refractivity contribution in [3.05, 3.63) is 65.6 Å². The van der Waals surface area contributed by atoms with Crippen molar-refractivity contribution in [1.29, 1.82) is 0 Å². The maximum absolute atomic E-state index is 13.9. The van der Waals surface area contributed by atoms with Crippen LogP contribution in [-0.4, -0.2) is 35.0 Å². The van der Waals surface area contributed by atoms with Gasteiger partial charge in [0.15, 0.2) is 11.6 Å². The van der Waals surface area contributed by atoms with Gasteiger partial charge in [0, 0.05) is 30.9 Å². The van der Waals surface area contributed by atoms with Crippen molar-refractivity contribution >= 4 is 11.7 Å². The summed E-state index contributed by atoms with van der Waals surface area (Å²) in [6, 6.07) is 11.0. The highest BCUT2D eigenvalue weighted by Crippen LogP contribution is 2.25. The second kappa shape index (κ2) is 8.80. The van der Waals surface area contributed by atoms with E-state index in [0.717, 1.165) is 15.6 Å². The minimum Gasteiger partial charge on any atom is -0.494 e. The van der Waals surface area contributed by atoms with Gasteiger partial charge in [-0.1, -0.05) is 12.1 Å². The van der Waals surface area contributed by atoms with Crippen LogP contribution in [-0.2, 0) is 6.61 Å². The average molecular weight is 414 g/mol. The molecule has 9 nitrogen and oxygen atoms in total. The summed E-state index contributed by atoms with van der Waals surface area (Å²) in [6.45, 7) is 2.00. The zero-order chi connectivity index (χ0) is 21.8. The minimum atomic E-state index is -0.576. The van der Waals surface area contributed by atoms with Gasteiger partial charge in [0.2, 0.25) is 5.88 Å². The van der Waals surface area contributed by atoms with Crippen molar-refractivity contribution in [2.45, 2.75) is 13.5 Å². The van der Waals surface area contributed by atoms with E-state index in [0.29, 0.717) is 22.8 Å². The first-order chi connectivity index (χ1) is 14.3. The summed E-state index contributed by atoms with van der Waals surface area (Å²) in [6.07, 6.45) is 1.65. The predicted octanol–water partition coefficient (Wildman–Crippen LogP) is 2.51. The highest BCUT2D eigenvalue weighted by molar-refractivity contribution is 5.91. The first-order valence-electron chi connectivity index (χ1n) is 9.00. The number of hydrogen-bond acceptors (Lipinski definition) is 6. The normalized spacial score (nSPS) is 10.6. The van der Waals surface area contributed by atoms with E-state index >= 15 is 0 Å². The highest BCUT2D eigenvalue weighted by atomic mass is 19.1. The van der Waals surface area contributed by atoms with Crippen molar-refractivity contribution in [1.82, 2.24) is 14.8 Å². The summed E-state index contributed by atoms with van der Waals surface area (Å²) in [5.74, 6) is 11.4. The fourth-order valence-electron chi connectivity index (χ4n) is 2.85. The Kier molecular flexibility index (Phi) is 6.19. The molecule has 0 saturated carbocycles. The third-order valence-corrected chi connectivity index (χ3v) is 4.48. The van der Waals surface area contributed by atoms with E-state index in [1.54, 1.807) is 30.5 Å². The van der Waals surface area contributed by atoms with E-state index in [1.807, 2.05) is 13.0 Å². The molecule has 0 aliphatic heterocycles. The first kappa shape index (κ1) is 21.1. The molecule has 0 aliphatic carbocycles. The number of ether oxygens (including phenoxy) is 2. The molecule has 3 rings (SSSR count). The third-order valence-electron chi connectivity index (χ3n) is 4.48. The molecule has 10 heteroatoms. The molecule has 2 aromatic carbocycles. The SMILES string of the molecule is COc1ccc(-n2ccc(OCc3c(C)cccc3N(N)C(=O)N(C)N)n2)cc1F. The van der Waals surface area contributed by atoms with Gasteiger partial charge in [-0.2, -0.15) is 0 Å². The van der Waals surface area contributed by atoms with E-state index in [-0.39, 0.29) is 12.4 Å². The zero-order valence-electron chi connectivity index (χ0n) is 16.9. The fourth-order valence-corrected chi connectivity index (χ4v) is 2.85. The van der Waals surface area contributed by atoms with E-state index in [4.69, 9.17) is 21.2 Å². The number of amides is 2. The Morgan fingerprint density at radius 3 is 2.67 bits per heavy atom. The Labute approximate surface area is 173 Å². The van der Waals surface area contributed by atoms with Crippen molar-refractivity contribution in [2.24, 2.45) is 11.7 Å². The van der Waals surface area contributed by atoms with Gasteiger partial charge < -0.3 is 9.47 Å². The van der Waals surface area contributed by atoms with Gasteiger partial charge in [-0.05, 0) is 30.7 Å². The molecule has 3 aromatic rings. The number of hydrazine groups is 2. The van der Waals surface area contributed by atoms with Gasteiger partial charge in [-0.25, -0.2) is 30.6 Å². The second-order valence-corrected chi connectivity index (χ2v) is 6.54. The van der Waals surface area contributed by atoms with Crippen LogP contribution < -0.4 is 26.2 Å². The molecule has 0 saturated heterocycles. The van der Waals surface area contributed by atoms with Crippen LogP contribution in [0.2, 0.25) is 0 Å². The molecule has 1 heterocycles. The molecular formula is C20H23FN6O3. The molecule has 30 heavy (non-hydrogen) atoms. The third kappa shape index (κ3) is 4.34. The van der Waals surface area contributed by atoms with Gasteiger partial charge >= 0.3 is 6.03 Å². The number of benzene rings is 2. The summed E-state index contributed by atoms with van der Waals surface area (Å²) in [5, 5.41) is 6.16. The molecule has 0 bridgehead atoms. The van der Waals surface area contributed by atoms with Crippen LogP contribution in [0, 0.1) is 12.7 Å². The molecule has 2 amide bonds. The number of urea groups is 1. The number of rotatable bonds is 6. The van der Waals surface area contributed by atoms with Gasteiger partial charge in [0.1, 0.15) is 6.61 Å². The summed E-state index contributed by atoms with van der Waals surface area (Å²) in [7, 11) is 2.81. The first-order valence-corrected chi connectivity index (χ1v) is 9.00. The number of aryl methyl sites for hydroxylation is 1. The molecular weight excluding hydrogens is 391 g/mol. The van der Waals surface area contributed by atoms with Gasteiger partial charge in [0.25, 0.3) is 0 Å². The van der Waals surface area contributed by atoms with Crippen LogP contribution in [0.1, 0.15) is 11.1 Å². The van der Waals surface area contributed by atoms with Crippen molar-refractivity contribution in [2.75, 3.05) is 19.2 Å². The van der Waals surface area contributed by atoms with Crippen LogP contribution in [0.15, 0.2) is 48.7 Å². The van der Waals surface area contributed by atoms with Crippen LogP contribution in [0.5, 0.6) is 11.6 Å². The Balaban J connectivity index is 1.79. The molecule has 0 unspecified atom stereocenters. The highest BCUT2D eigenvalue weighted by Gasteiger charge is 2.19. The predicted molar refractivity (Wildman–Crippen MR) is 110 cm³/mol. The van der Waals surface area contributed by atoms with Crippen molar-refractivity contribution < 1.29 is 18.7 Å². The maximum Gasteiger partial charge on any atom is 0.352 e. The van der Waals surface area contributed by atoms with Gasteiger partial charge in [-0.15, -0.1) is 5.10 Å². The van der Waals surface area contributed by atoms with Crippen LogP contribution >= 0.6 is 0 Å². The number of aromatic nitrogens is 2. The largest absolute Gasteiger partial charge is 0.494 e. The van der Waals surface area contributed by atoms with E-state index in [2.05, 4.69) is 5.10 Å². The summed E-state index contributed by atoms with van der Waals surface area (Å²) in [4.78, 5) is 12.1. The van der Waals surface area contributed by atoms with E-state index in [1.165, 1.54) is 31.0 Å². The number of halogens is 1. The number of methoxy groups -OCH3 is 1. The lowest BCUT2D eigenvalue weighted by Crippen LogP contribution is -2.49. The monoisotopic (exact) mass is 414 g/mol. The molecule has 0 radical (unpaired) electrons. The molecule has 4 N–H and O–H groups in total. The van der Waals surface area contributed by atoms with Crippen LogP contribution in [0.3, 0.4) is 0 Å². The lowest BCUT2D eigenvalue weighted by atomic mass is 10.1. The Morgan fingerprint density at radius 2 is 2.00 bits per heavy atom. The van der Waals surface area contributed by atoms with Gasteiger partial charge in [0.05, 0.1) is 18.5 Å². The Hall–Kier alpha value is -3.63. The standard InChI is InChI=1S/C20H23FN6O3/c1-13-5-4-6-17(27(23)20(28)25(2)22)15(13)12-30-19-9-10-26(24-19)14-7-8-18(29-3)16(21)11-14/h4-11H,12,22-23H2,1-3H3. The lowest BCUT2D eigenvalue weighted by Gasteiger charge is -2.24. The van der Waals surface area contributed by atoms with Crippen LogP contribution in [0.25, 0.3) is 5.69 Å². The molecule has 158 valence electrons. The molecule has 0 atom stereocenters. The number of carbonyl (C=O) groups is 1. The van der Waals surface area contributed by atoms with Crippen molar-refractivity contribution in [3.8, 4) is 17.3 Å². The quantitative estimate of drug-likeness (QED) is 0.364. The smallest absolute Gasteiger partial charge is 0.352 e. The zero-order valence-corrected chi connectivity index (χ0v) is 16.9. The van der Waals surface area contributed by atoms with Crippen LogP contribution in [0.4, 0.5) is 14.9 Å². The number of nitrogens with two attached hydrogens (primary N) is 2. The van der Waals surface area contributed by atoms with E-state index in [9.17, 15) is 9.18 Å². The summed E-state index contributed by atoms with van der Waals surface area (Å²) >= 11 is 0. The number of hydrogen-bond donors (Lipinski definition) is 2. The summed E-state index contributed by atoms with van der Waals surface area (Å²) < 4.78 is 26.1. The lowest BCUT2D eigenvalue weighted by molar-refractivity contribution is 0.216. The van der Waals surface area contributed by atoms with Crippen molar-refractivity contribution in [3.63, 3.8) is 0 Å².